The van der Waals surface area contributed by atoms with Gasteiger partial charge in [0.05, 0.1) is 12.2 Å². The van der Waals surface area contributed by atoms with Gasteiger partial charge in [0.2, 0.25) is 0 Å². The van der Waals surface area contributed by atoms with Crippen molar-refractivity contribution in [2.45, 2.75) is 52.1 Å². The maximum Gasteiger partial charge on any atom is 0.155 e. The summed E-state index contributed by atoms with van der Waals surface area (Å²) in [5, 5.41) is 19.5. The Kier molecular flexibility index (Phi) is 3.41. The SMILES string of the molecule is CC1=CC(=O)C[C@@H](C)[C@@]12CC[C@@H]([C@@](C)(O)CO)C2. The molecule has 2 N–H and O–H groups in total. The van der Waals surface area contributed by atoms with E-state index in [0.29, 0.717) is 12.3 Å². The Morgan fingerprint density at radius 3 is 2.78 bits per heavy atom. The van der Waals surface area contributed by atoms with Gasteiger partial charge in [-0.05, 0) is 56.4 Å². The summed E-state index contributed by atoms with van der Waals surface area (Å²) in [4.78, 5) is 11.6. The van der Waals surface area contributed by atoms with E-state index >= 15 is 0 Å². The zero-order chi connectivity index (χ0) is 13.6. The second-order valence-corrected chi connectivity index (χ2v) is 6.51. The largest absolute Gasteiger partial charge is 0.393 e. The van der Waals surface area contributed by atoms with E-state index in [-0.39, 0.29) is 23.7 Å². The van der Waals surface area contributed by atoms with Crippen molar-refractivity contribution in [3.8, 4) is 0 Å². The van der Waals surface area contributed by atoms with Crippen LogP contribution < -0.4 is 0 Å². The highest BCUT2D eigenvalue weighted by Crippen LogP contribution is 2.56. The number of ketones is 1. The minimum Gasteiger partial charge on any atom is -0.393 e. The van der Waals surface area contributed by atoms with Gasteiger partial charge in [-0.1, -0.05) is 12.5 Å². The third-order valence-corrected chi connectivity index (χ3v) is 5.36. The number of carbonyl (C=O) groups is 1. The molecular weight excluding hydrogens is 228 g/mol. The molecule has 102 valence electrons. The highest BCUT2D eigenvalue weighted by atomic mass is 16.3. The quantitative estimate of drug-likeness (QED) is 0.791. The number of aliphatic hydroxyl groups is 2. The molecule has 0 radical (unpaired) electrons. The summed E-state index contributed by atoms with van der Waals surface area (Å²) in [6, 6.07) is 0. The highest BCUT2D eigenvalue weighted by Gasteiger charge is 2.50. The topological polar surface area (TPSA) is 57.5 Å². The number of aliphatic hydroxyl groups excluding tert-OH is 1. The van der Waals surface area contributed by atoms with Crippen LogP contribution in [0.25, 0.3) is 0 Å². The molecule has 0 unspecified atom stereocenters. The van der Waals surface area contributed by atoms with Gasteiger partial charge in [-0.3, -0.25) is 4.79 Å². The van der Waals surface area contributed by atoms with Crippen LogP contribution in [-0.2, 0) is 4.79 Å². The summed E-state index contributed by atoms with van der Waals surface area (Å²) >= 11 is 0. The van der Waals surface area contributed by atoms with E-state index in [0.717, 1.165) is 19.3 Å². The Morgan fingerprint density at radius 1 is 1.56 bits per heavy atom. The molecule has 0 saturated heterocycles. The molecule has 0 aliphatic heterocycles. The monoisotopic (exact) mass is 252 g/mol. The normalized spacial score (nSPS) is 39.8. The molecule has 2 aliphatic rings. The van der Waals surface area contributed by atoms with Crippen LogP contribution in [-0.4, -0.2) is 28.2 Å². The molecular formula is C15H24O3. The van der Waals surface area contributed by atoms with Crippen molar-refractivity contribution < 1.29 is 15.0 Å². The number of allylic oxidation sites excluding steroid dienone is 2. The van der Waals surface area contributed by atoms with Crippen LogP contribution in [0.2, 0.25) is 0 Å². The Hall–Kier alpha value is -0.670. The summed E-state index contributed by atoms with van der Waals surface area (Å²) < 4.78 is 0. The summed E-state index contributed by atoms with van der Waals surface area (Å²) in [7, 11) is 0. The first-order chi connectivity index (χ1) is 8.32. The third-order valence-electron chi connectivity index (χ3n) is 5.36. The van der Waals surface area contributed by atoms with Gasteiger partial charge in [0.15, 0.2) is 5.78 Å². The van der Waals surface area contributed by atoms with Gasteiger partial charge >= 0.3 is 0 Å². The Morgan fingerprint density at radius 2 is 2.22 bits per heavy atom. The van der Waals surface area contributed by atoms with Crippen molar-refractivity contribution in [3.05, 3.63) is 11.6 Å². The maximum atomic E-state index is 11.6. The smallest absolute Gasteiger partial charge is 0.155 e. The van der Waals surface area contributed by atoms with Crippen molar-refractivity contribution in [1.82, 2.24) is 0 Å². The molecule has 3 heteroatoms. The zero-order valence-electron chi connectivity index (χ0n) is 11.6. The van der Waals surface area contributed by atoms with E-state index in [4.69, 9.17) is 0 Å². The molecule has 0 aromatic heterocycles. The second kappa shape index (κ2) is 4.46. The molecule has 0 aromatic rings. The van der Waals surface area contributed by atoms with Crippen molar-refractivity contribution in [2.24, 2.45) is 17.3 Å². The van der Waals surface area contributed by atoms with Gasteiger partial charge in [0.25, 0.3) is 0 Å². The van der Waals surface area contributed by atoms with Gasteiger partial charge in [0.1, 0.15) is 0 Å². The molecule has 1 fully saturated rings. The molecule has 1 saturated carbocycles. The summed E-state index contributed by atoms with van der Waals surface area (Å²) in [6.07, 6.45) is 5.24. The molecule has 2 rings (SSSR count). The average molecular weight is 252 g/mol. The lowest BCUT2D eigenvalue weighted by molar-refractivity contribution is -0.117. The molecule has 18 heavy (non-hydrogen) atoms. The van der Waals surface area contributed by atoms with Crippen molar-refractivity contribution >= 4 is 5.78 Å². The van der Waals surface area contributed by atoms with Crippen LogP contribution in [0.4, 0.5) is 0 Å². The standard InChI is InChI=1S/C15H24O3/c1-10-6-13(17)7-11(2)15(10)5-4-12(8-15)14(3,18)9-16/h6,11-12,16,18H,4-5,7-9H2,1-3H3/t11-,12-,14+,15-/m1/s1. The van der Waals surface area contributed by atoms with Crippen LogP contribution in [0.15, 0.2) is 11.6 Å². The van der Waals surface area contributed by atoms with Gasteiger partial charge in [0, 0.05) is 6.42 Å². The Bertz CT molecular complexity index is 383. The van der Waals surface area contributed by atoms with Gasteiger partial charge in [-0.2, -0.15) is 0 Å². The molecule has 0 aromatic carbocycles. The first kappa shape index (κ1) is 13.8. The predicted molar refractivity (Wildman–Crippen MR) is 70.0 cm³/mol. The zero-order valence-corrected chi connectivity index (χ0v) is 11.6. The van der Waals surface area contributed by atoms with E-state index in [1.165, 1.54) is 5.57 Å². The molecule has 0 bridgehead atoms. The number of hydrogen-bond donors (Lipinski definition) is 2. The van der Waals surface area contributed by atoms with E-state index < -0.39 is 5.60 Å². The molecule has 1 spiro atoms. The highest BCUT2D eigenvalue weighted by molar-refractivity contribution is 5.91. The molecule has 2 aliphatic carbocycles. The van der Waals surface area contributed by atoms with E-state index in [1.807, 2.05) is 6.92 Å². The van der Waals surface area contributed by atoms with Crippen LogP contribution in [0, 0.1) is 17.3 Å². The summed E-state index contributed by atoms with van der Waals surface area (Å²) in [6.45, 7) is 5.71. The van der Waals surface area contributed by atoms with Crippen LogP contribution >= 0.6 is 0 Å². The maximum absolute atomic E-state index is 11.6. The fourth-order valence-electron chi connectivity index (χ4n) is 3.87. The number of hydrogen-bond acceptors (Lipinski definition) is 3. The second-order valence-electron chi connectivity index (χ2n) is 6.51. The van der Waals surface area contributed by atoms with Crippen molar-refractivity contribution in [3.63, 3.8) is 0 Å². The van der Waals surface area contributed by atoms with Crippen LogP contribution in [0.3, 0.4) is 0 Å². The van der Waals surface area contributed by atoms with Crippen LogP contribution in [0.5, 0.6) is 0 Å². The molecule has 3 nitrogen and oxygen atoms in total. The lowest BCUT2D eigenvalue weighted by Crippen LogP contribution is -2.39. The first-order valence-corrected chi connectivity index (χ1v) is 6.86. The average Bonchev–Trinajstić information content (AvgIpc) is 2.73. The van der Waals surface area contributed by atoms with E-state index in [1.54, 1.807) is 13.0 Å². The van der Waals surface area contributed by atoms with Crippen LogP contribution in [0.1, 0.15) is 46.5 Å². The van der Waals surface area contributed by atoms with Crippen molar-refractivity contribution in [2.75, 3.05) is 6.61 Å². The fourth-order valence-corrected chi connectivity index (χ4v) is 3.87. The number of carbonyl (C=O) groups excluding carboxylic acids is 1. The molecule has 0 heterocycles. The summed E-state index contributed by atoms with van der Waals surface area (Å²) in [5.74, 6) is 0.694. The van der Waals surface area contributed by atoms with E-state index in [9.17, 15) is 15.0 Å². The Labute approximate surface area is 109 Å². The van der Waals surface area contributed by atoms with Gasteiger partial charge in [-0.15, -0.1) is 0 Å². The molecule has 0 amide bonds. The third kappa shape index (κ3) is 2.04. The fraction of sp³-hybridized carbons (Fsp3) is 0.800. The van der Waals surface area contributed by atoms with Gasteiger partial charge < -0.3 is 10.2 Å². The van der Waals surface area contributed by atoms with Gasteiger partial charge in [-0.25, -0.2) is 0 Å². The van der Waals surface area contributed by atoms with E-state index in [2.05, 4.69) is 6.92 Å². The van der Waals surface area contributed by atoms with Crippen molar-refractivity contribution in [1.29, 1.82) is 0 Å². The predicted octanol–water partition coefficient (Wildman–Crippen LogP) is 2.07. The molecule has 4 atom stereocenters. The Balaban J connectivity index is 2.25. The summed E-state index contributed by atoms with van der Waals surface area (Å²) in [5.41, 5.74) is 0.241. The minimum atomic E-state index is -0.995. The number of rotatable bonds is 2. The minimum absolute atomic E-state index is 0.0672. The lowest BCUT2D eigenvalue weighted by atomic mass is 9.64. The first-order valence-electron chi connectivity index (χ1n) is 6.86. The lowest BCUT2D eigenvalue weighted by Gasteiger charge is -2.40.